The van der Waals surface area contributed by atoms with Crippen molar-refractivity contribution in [3.8, 4) is 0 Å². The number of rotatable bonds is 6. The van der Waals surface area contributed by atoms with Gasteiger partial charge in [0.2, 0.25) is 5.91 Å². The normalized spacial score (nSPS) is 15.5. The lowest BCUT2D eigenvalue weighted by molar-refractivity contribution is -0.120. The molecule has 2 aromatic carbocycles. The molecule has 1 heterocycles. The van der Waals surface area contributed by atoms with Crippen LogP contribution in [0.25, 0.3) is 0 Å². The van der Waals surface area contributed by atoms with Crippen LogP contribution in [0.3, 0.4) is 0 Å². The number of hydrogen-bond acceptors (Lipinski definition) is 4. The summed E-state index contributed by atoms with van der Waals surface area (Å²) in [4.78, 5) is 17.1. The molecule has 1 aliphatic rings. The van der Waals surface area contributed by atoms with Crippen LogP contribution in [0.15, 0.2) is 42.5 Å². The number of carbonyl (C=O) groups excluding carboxylic acids is 1. The molecule has 0 radical (unpaired) electrons. The summed E-state index contributed by atoms with van der Waals surface area (Å²) >= 11 is 12.2. The van der Waals surface area contributed by atoms with Gasteiger partial charge in [0.1, 0.15) is 0 Å². The Hall–Kier alpha value is -1.79. The van der Waals surface area contributed by atoms with E-state index in [4.69, 9.17) is 27.9 Å². The molecule has 1 amide bonds. The molecule has 0 unspecified atom stereocenters. The van der Waals surface area contributed by atoms with Crippen molar-refractivity contribution in [3.63, 3.8) is 0 Å². The summed E-state index contributed by atoms with van der Waals surface area (Å²) in [5.41, 5.74) is 2.91. The Labute approximate surface area is 176 Å². The van der Waals surface area contributed by atoms with E-state index in [0.29, 0.717) is 22.3 Å². The van der Waals surface area contributed by atoms with Gasteiger partial charge in [0.15, 0.2) is 0 Å². The molecule has 0 saturated carbocycles. The maximum absolute atomic E-state index is 12.7. The predicted molar refractivity (Wildman–Crippen MR) is 115 cm³/mol. The molecule has 1 aliphatic heterocycles. The zero-order valence-electron chi connectivity index (χ0n) is 16.1. The second kappa shape index (κ2) is 9.61. The molecule has 0 aliphatic carbocycles. The Morgan fingerprint density at radius 2 is 1.93 bits per heavy atom. The number of morpholine rings is 1. The van der Waals surface area contributed by atoms with Crippen LogP contribution in [-0.4, -0.2) is 50.2 Å². The highest BCUT2D eigenvalue weighted by atomic mass is 35.5. The molecular formula is C21H25Cl2N3O2. The molecule has 1 fully saturated rings. The van der Waals surface area contributed by atoms with Crippen molar-refractivity contribution in [2.45, 2.75) is 19.5 Å². The fourth-order valence-electron chi connectivity index (χ4n) is 3.19. The van der Waals surface area contributed by atoms with Gasteiger partial charge in [-0.05, 0) is 43.8 Å². The number of halogens is 2. The average molecular weight is 422 g/mol. The van der Waals surface area contributed by atoms with Gasteiger partial charge in [0, 0.05) is 30.3 Å². The number of likely N-dealkylation sites (N-methyl/N-ethyl adjacent to an activating group) is 1. The molecule has 28 heavy (non-hydrogen) atoms. The van der Waals surface area contributed by atoms with Crippen LogP contribution in [0.1, 0.15) is 12.5 Å². The number of amides is 1. The first-order chi connectivity index (χ1) is 13.5. The van der Waals surface area contributed by atoms with Crippen LogP contribution in [0.4, 0.5) is 11.4 Å². The van der Waals surface area contributed by atoms with E-state index in [2.05, 4.69) is 22.3 Å². The van der Waals surface area contributed by atoms with E-state index in [0.717, 1.165) is 26.3 Å². The standard InChI is InChI=1S/C21H25Cl2N3O2/c1-15(21(27)24-19-13-17(22)7-8-18(19)23)25(2)14-16-5-3-4-6-20(16)26-9-11-28-12-10-26/h3-8,13,15H,9-12,14H2,1-2H3,(H,24,27)/t15-/m1/s1. The second-order valence-electron chi connectivity index (χ2n) is 6.93. The number of ether oxygens (including phenoxy) is 1. The smallest absolute Gasteiger partial charge is 0.241 e. The van der Waals surface area contributed by atoms with Crippen LogP contribution in [0.5, 0.6) is 0 Å². The minimum Gasteiger partial charge on any atom is -0.378 e. The zero-order chi connectivity index (χ0) is 20.1. The summed E-state index contributed by atoms with van der Waals surface area (Å²) < 4.78 is 5.46. The zero-order valence-corrected chi connectivity index (χ0v) is 17.6. The number of anilines is 2. The van der Waals surface area contributed by atoms with Crippen molar-refractivity contribution in [1.29, 1.82) is 0 Å². The summed E-state index contributed by atoms with van der Waals surface area (Å²) in [5.74, 6) is -0.129. The Morgan fingerprint density at radius 3 is 2.68 bits per heavy atom. The SMILES string of the molecule is C[C@H](C(=O)Nc1cc(Cl)ccc1Cl)N(C)Cc1ccccc1N1CCOCC1. The van der Waals surface area contributed by atoms with Crippen molar-refractivity contribution in [1.82, 2.24) is 4.90 Å². The van der Waals surface area contributed by atoms with Gasteiger partial charge in [0.05, 0.1) is 30.0 Å². The highest BCUT2D eigenvalue weighted by molar-refractivity contribution is 6.35. The van der Waals surface area contributed by atoms with Gasteiger partial charge >= 0.3 is 0 Å². The lowest BCUT2D eigenvalue weighted by Crippen LogP contribution is -2.40. The Balaban J connectivity index is 1.68. The molecule has 0 spiro atoms. The summed E-state index contributed by atoms with van der Waals surface area (Å²) in [6.07, 6.45) is 0. The van der Waals surface area contributed by atoms with E-state index < -0.39 is 0 Å². The van der Waals surface area contributed by atoms with Gasteiger partial charge in [0.25, 0.3) is 0 Å². The third-order valence-corrected chi connectivity index (χ3v) is 5.55. The molecule has 1 N–H and O–H groups in total. The quantitative estimate of drug-likeness (QED) is 0.755. The first kappa shape index (κ1) is 20.9. The molecule has 7 heteroatoms. The topological polar surface area (TPSA) is 44.8 Å². The molecule has 1 atom stereocenters. The Bertz CT molecular complexity index is 825. The van der Waals surface area contributed by atoms with Crippen molar-refractivity contribution >= 4 is 40.5 Å². The average Bonchev–Trinajstić information content (AvgIpc) is 2.71. The van der Waals surface area contributed by atoms with Crippen molar-refractivity contribution in [2.24, 2.45) is 0 Å². The van der Waals surface area contributed by atoms with Crippen molar-refractivity contribution in [3.05, 3.63) is 58.1 Å². The lowest BCUT2D eigenvalue weighted by Gasteiger charge is -2.32. The van der Waals surface area contributed by atoms with Crippen LogP contribution in [0, 0.1) is 0 Å². The fourth-order valence-corrected chi connectivity index (χ4v) is 3.53. The summed E-state index contributed by atoms with van der Waals surface area (Å²) in [6.45, 7) is 5.78. The third-order valence-electron chi connectivity index (χ3n) is 4.99. The molecule has 0 bridgehead atoms. The number of para-hydroxylation sites is 1. The largest absolute Gasteiger partial charge is 0.378 e. The van der Waals surface area contributed by atoms with E-state index in [1.165, 1.54) is 11.3 Å². The van der Waals surface area contributed by atoms with E-state index in [-0.39, 0.29) is 11.9 Å². The van der Waals surface area contributed by atoms with Crippen LogP contribution >= 0.6 is 23.2 Å². The summed E-state index contributed by atoms with van der Waals surface area (Å²) in [5, 5.41) is 3.86. The van der Waals surface area contributed by atoms with E-state index in [9.17, 15) is 4.79 Å². The van der Waals surface area contributed by atoms with Crippen LogP contribution in [0.2, 0.25) is 10.0 Å². The predicted octanol–water partition coefficient (Wildman–Crippen LogP) is 4.29. The highest BCUT2D eigenvalue weighted by Crippen LogP contribution is 2.26. The summed E-state index contributed by atoms with van der Waals surface area (Å²) in [7, 11) is 1.94. The van der Waals surface area contributed by atoms with Gasteiger partial charge in [-0.1, -0.05) is 41.4 Å². The Kier molecular flexibility index (Phi) is 7.18. The fraction of sp³-hybridized carbons (Fsp3) is 0.381. The monoisotopic (exact) mass is 421 g/mol. The highest BCUT2D eigenvalue weighted by Gasteiger charge is 2.21. The molecule has 2 aromatic rings. The van der Waals surface area contributed by atoms with Gasteiger partial charge < -0.3 is 15.0 Å². The minimum absolute atomic E-state index is 0.129. The third kappa shape index (κ3) is 5.17. The first-order valence-electron chi connectivity index (χ1n) is 9.32. The Morgan fingerprint density at radius 1 is 1.21 bits per heavy atom. The number of nitrogens with zero attached hydrogens (tertiary/aromatic N) is 2. The van der Waals surface area contributed by atoms with Gasteiger partial charge in [-0.15, -0.1) is 0 Å². The molecule has 5 nitrogen and oxygen atoms in total. The number of benzene rings is 2. The lowest BCUT2D eigenvalue weighted by atomic mass is 10.1. The van der Waals surface area contributed by atoms with Gasteiger partial charge in [-0.3, -0.25) is 9.69 Å². The van der Waals surface area contributed by atoms with Gasteiger partial charge in [-0.2, -0.15) is 0 Å². The van der Waals surface area contributed by atoms with Crippen molar-refractivity contribution < 1.29 is 9.53 Å². The number of nitrogens with one attached hydrogen (secondary N) is 1. The summed E-state index contributed by atoms with van der Waals surface area (Å²) in [6, 6.07) is 13.0. The number of carbonyl (C=O) groups is 1. The second-order valence-corrected chi connectivity index (χ2v) is 7.78. The van der Waals surface area contributed by atoms with E-state index in [1.54, 1.807) is 18.2 Å². The van der Waals surface area contributed by atoms with Crippen molar-refractivity contribution in [2.75, 3.05) is 43.6 Å². The van der Waals surface area contributed by atoms with Gasteiger partial charge in [-0.25, -0.2) is 0 Å². The minimum atomic E-state index is -0.340. The molecule has 3 rings (SSSR count). The number of hydrogen-bond donors (Lipinski definition) is 1. The van der Waals surface area contributed by atoms with E-state index in [1.807, 2.05) is 31.0 Å². The maximum atomic E-state index is 12.7. The molecule has 0 aromatic heterocycles. The van der Waals surface area contributed by atoms with Crippen LogP contribution in [-0.2, 0) is 16.1 Å². The maximum Gasteiger partial charge on any atom is 0.241 e. The molecular weight excluding hydrogens is 397 g/mol. The molecule has 1 saturated heterocycles. The first-order valence-corrected chi connectivity index (χ1v) is 10.1. The van der Waals surface area contributed by atoms with E-state index >= 15 is 0 Å². The molecule has 150 valence electrons. The van der Waals surface area contributed by atoms with Crippen LogP contribution < -0.4 is 10.2 Å².